The van der Waals surface area contributed by atoms with Crippen molar-refractivity contribution in [3.8, 4) is 0 Å². The Kier molecular flexibility index (Phi) is 5.77. The first-order valence-electron chi connectivity index (χ1n) is 11.5. The molecule has 0 aromatic heterocycles. The molecule has 0 radical (unpaired) electrons. The smallest absolute Gasteiger partial charge is 0.245 e. The van der Waals surface area contributed by atoms with Gasteiger partial charge in [-0.1, -0.05) is 60.7 Å². The predicted molar refractivity (Wildman–Crippen MR) is 120 cm³/mol. The number of carbonyl (C=O) groups is 2. The first-order valence-corrected chi connectivity index (χ1v) is 11.5. The van der Waals surface area contributed by atoms with Crippen LogP contribution in [0.3, 0.4) is 0 Å². The molecule has 2 aromatic carbocycles. The fraction of sp³-hybridized carbons (Fsp3) is 0.462. The van der Waals surface area contributed by atoms with Crippen molar-refractivity contribution < 1.29 is 9.59 Å². The van der Waals surface area contributed by atoms with Gasteiger partial charge in [0.2, 0.25) is 11.8 Å². The summed E-state index contributed by atoms with van der Waals surface area (Å²) in [5.41, 5.74) is 2.44. The number of hydrogen-bond donors (Lipinski definition) is 0. The minimum Gasteiger partial charge on any atom is -0.340 e. The largest absolute Gasteiger partial charge is 0.340 e. The summed E-state index contributed by atoms with van der Waals surface area (Å²) >= 11 is 0. The van der Waals surface area contributed by atoms with E-state index in [1.54, 1.807) is 0 Å². The lowest BCUT2D eigenvalue weighted by Crippen LogP contribution is -2.57. The Labute approximate surface area is 184 Å². The number of fused-ring (bicyclic) bond motifs is 2. The Bertz CT molecular complexity index is 903. The number of rotatable bonds is 5. The molecular weight excluding hydrogens is 386 g/mol. The van der Waals surface area contributed by atoms with E-state index in [1.807, 2.05) is 35.2 Å². The quantitative estimate of drug-likeness (QED) is 0.751. The zero-order valence-corrected chi connectivity index (χ0v) is 18.0. The lowest BCUT2D eigenvalue weighted by Gasteiger charge is -2.46. The highest BCUT2D eigenvalue weighted by Crippen LogP contribution is 2.31. The maximum Gasteiger partial charge on any atom is 0.245 e. The molecule has 5 nitrogen and oxygen atoms in total. The molecule has 3 aliphatic heterocycles. The van der Waals surface area contributed by atoms with E-state index >= 15 is 0 Å². The van der Waals surface area contributed by atoms with Crippen LogP contribution in [0.4, 0.5) is 0 Å². The fourth-order valence-electron chi connectivity index (χ4n) is 5.72. The number of carbonyl (C=O) groups excluding carboxylic acids is 2. The lowest BCUT2D eigenvalue weighted by atomic mass is 9.84. The second kappa shape index (κ2) is 8.83. The fourth-order valence-corrected chi connectivity index (χ4v) is 5.72. The highest BCUT2D eigenvalue weighted by molar-refractivity contribution is 5.91. The summed E-state index contributed by atoms with van der Waals surface area (Å²) in [4.78, 5) is 32.4. The third-order valence-electron chi connectivity index (χ3n) is 7.03. The molecule has 3 fully saturated rings. The Morgan fingerprint density at radius 3 is 2.00 bits per heavy atom. The van der Waals surface area contributed by atoms with Gasteiger partial charge in [0.15, 0.2) is 0 Å². The predicted octanol–water partition coefficient (Wildman–Crippen LogP) is 3.16. The SMILES string of the molecule is O=C([C@@H]1CCC(=O)N1Cc1ccccc1)N1CC2CC(CN(Cc3ccccc3)C2)C1. The van der Waals surface area contributed by atoms with E-state index in [2.05, 4.69) is 40.1 Å². The van der Waals surface area contributed by atoms with Gasteiger partial charge in [-0.05, 0) is 35.8 Å². The van der Waals surface area contributed by atoms with Crippen molar-refractivity contribution >= 4 is 11.8 Å². The van der Waals surface area contributed by atoms with Gasteiger partial charge in [-0.3, -0.25) is 14.5 Å². The first-order chi connectivity index (χ1) is 15.2. The minimum atomic E-state index is -0.299. The van der Waals surface area contributed by atoms with Gasteiger partial charge in [-0.15, -0.1) is 0 Å². The zero-order valence-electron chi connectivity index (χ0n) is 18.0. The van der Waals surface area contributed by atoms with Crippen molar-refractivity contribution in [2.45, 2.75) is 38.4 Å². The summed E-state index contributed by atoms with van der Waals surface area (Å²) < 4.78 is 0. The Morgan fingerprint density at radius 2 is 1.39 bits per heavy atom. The molecule has 0 saturated carbocycles. The average molecular weight is 418 g/mol. The number of nitrogens with zero attached hydrogens (tertiary/aromatic N) is 3. The number of amides is 2. The summed E-state index contributed by atoms with van der Waals surface area (Å²) in [5, 5.41) is 0. The molecule has 3 saturated heterocycles. The molecule has 0 spiro atoms. The van der Waals surface area contributed by atoms with Gasteiger partial charge < -0.3 is 9.80 Å². The molecule has 3 atom stereocenters. The molecule has 5 heteroatoms. The van der Waals surface area contributed by atoms with Crippen LogP contribution in [0.25, 0.3) is 0 Å². The van der Waals surface area contributed by atoms with Crippen LogP contribution in [0, 0.1) is 11.8 Å². The van der Waals surface area contributed by atoms with Gasteiger partial charge in [0, 0.05) is 45.7 Å². The molecule has 162 valence electrons. The number of piperidine rings is 2. The topological polar surface area (TPSA) is 43.9 Å². The molecule has 31 heavy (non-hydrogen) atoms. The van der Waals surface area contributed by atoms with Gasteiger partial charge in [-0.2, -0.15) is 0 Å². The van der Waals surface area contributed by atoms with Gasteiger partial charge >= 0.3 is 0 Å². The molecule has 2 unspecified atom stereocenters. The van der Waals surface area contributed by atoms with Crippen molar-refractivity contribution in [3.05, 3.63) is 71.8 Å². The lowest BCUT2D eigenvalue weighted by molar-refractivity contribution is -0.145. The second-order valence-corrected chi connectivity index (χ2v) is 9.45. The van der Waals surface area contributed by atoms with Crippen LogP contribution in [-0.4, -0.2) is 58.7 Å². The van der Waals surface area contributed by atoms with Gasteiger partial charge in [0.25, 0.3) is 0 Å². The molecule has 3 aliphatic rings. The third kappa shape index (κ3) is 4.52. The number of hydrogen-bond acceptors (Lipinski definition) is 3. The Balaban J connectivity index is 1.22. The van der Waals surface area contributed by atoms with Crippen molar-refractivity contribution in [1.82, 2.24) is 14.7 Å². The minimum absolute atomic E-state index is 0.105. The summed E-state index contributed by atoms with van der Waals surface area (Å²) in [6.07, 6.45) is 2.34. The van der Waals surface area contributed by atoms with Crippen LogP contribution in [0.5, 0.6) is 0 Å². The van der Waals surface area contributed by atoms with E-state index in [4.69, 9.17) is 0 Å². The molecule has 0 aliphatic carbocycles. The van der Waals surface area contributed by atoms with Crippen LogP contribution in [0.2, 0.25) is 0 Å². The van der Waals surface area contributed by atoms with Crippen molar-refractivity contribution in [1.29, 1.82) is 0 Å². The number of likely N-dealkylation sites (tertiary alicyclic amines) is 3. The molecule has 0 N–H and O–H groups in total. The molecule has 2 bridgehead atoms. The summed E-state index contributed by atoms with van der Waals surface area (Å²) in [6.45, 7) is 5.26. The molecular formula is C26H31N3O2. The van der Waals surface area contributed by atoms with Crippen LogP contribution in [0.1, 0.15) is 30.4 Å². The summed E-state index contributed by atoms with van der Waals surface area (Å²) in [7, 11) is 0. The van der Waals surface area contributed by atoms with Crippen molar-refractivity contribution in [3.63, 3.8) is 0 Å². The Hall–Kier alpha value is -2.66. The van der Waals surface area contributed by atoms with Gasteiger partial charge in [0.1, 0.15) is 6.04 Å². The van der Waals surface area contributed by atoms with E-state index in [0.29, 0.717) is 31.2 Å². The maximum absolute atomic E-state index is 13.5. The van der Waals surface area contributed by atoms with Gasteiger partial charge in [-0.25, -0.2) is 0 Å². The third-order valence-corrected chi connectivity index (χ3v) is 7.03. The standard InChI is InChI=1S/C26H31N3O2/c30-25-12-11-24(29(25)19-21-9-5-2-6-10-21)26(31)28-17-22-13-23(18-28)16-27(15-22)14-20-7-3-1-4-8-20/h1-10,22-24H,11-19H2/t22?,23?,24-/m0/s1. The molecule has 2 amide bonds. The van der Waals surface area contributed by atoms with Crippen LogP contribution >= 0.6 is 0 Å². The highest BCUT2D eigenvalue weighted by atomic mass is 16.2. The van der Waals surface area contributed by atoms with E-state index < -0.39 is 0 Å². The van der Waals surface area contributed by atoms with E-state index in [1.165, 1.54) is 12.0 Å². The monoisotopic (exact) mass is 417 g/mol. The summed E-state index contributed by atoms with van der Waals surface area (Å²) in [6, 6.07) is 20.4. The van der Waals surface area contributed by atoms with Crippen LogP contribution in [0.15, 0.2) is 60.7 Å². The van der Waals surface area contributed by atoms with E-state index in [-0.39, 0.29) is 17.9 Å². The van der Waals surface area contributed by atoms with Crippen LogP contribution < -0.4 is 0 Å². The first kappa shape index (κ1) is 20.3. The van der Waals surface area contributed by atoms with Gasteiger partial charge in [0.05, 0.1) is 0 Å². The maximum atomic E-state index is 13.5. The Morgan fingerprint density at radius 1 is 0.806 bits per heavy atom. The van der Waals surface area contributed by atoms with E-state index in [9.17, 15) is 9.59 Å². The van der Waals surface area contributed by atoms with Crippen molar-refractivity contribution in [2.24, 2.45) is 11.8 Å². The molecule has 5 rings (SSSR count). The average Bonchev–Trinajstić information content (AvgIpc) is 3.14. The van der Waals surface area contributed by atoms with E-state index in [0.717, 1.165) is 38.3 Å². The number of benzene rings is 2. The second-order valence-electron chi connectivity index (χ2n) is 9.45. The molecule has 3 heterocycles. The van der Waals surface area contributed by atoms with Crippen LogP contribution in [-0.2, 0) is 22.7 Å². The highest BCUT2D eigenvalue weighted by Gasteiger charge is 2.42. The summed E-state index contributed by atoms with van der Waals surface area (Å²) in [5.74, 6) is 1.32. The normalized spacial score (nSPS) is 26.3. The molecule has 2 aromatic rings. The van der Waals surface area contributed by atoms with Crippen molar-refractivity contribution in [2.75, 3.05) is 26.2 Å². The zero-order chi connectivity index (χ0) is 21.2.